The summed E-state index contributed by atoms with van der Waals surface area (Å²) >= 11 is 0. The fourth-order valence-electron chi connectivity index (χ4n) is 3.65. The van der Waals surface area contributed by atoms with Gasteiger partial charge in [-0.05, 0) is 62.9 Å². The average Bonchev–Trinajstić information content (AvgIpc) is 3.21. The van der Waals surface area contributed by atoms with E-state index in [0.717, 1.165) is 44.5 Å². The summed E-state index contributed by atoms with van der Waals surface area (Å²) in [6.07, 6.45) is 2.98. The quantitative estimate of drug-likeness (QED) is 0.931. The summed E-state index contributed by atoms with van der Waals surface area (Å²) in [5, 5.41) is 3.32. The Kier molecular flexibility index (Phi) is 3.93. The molecule has 0 radical (unpaired) electrons. The van der Waals surface area contributed by atoms with E-state index in [9.17, 15) is 13.6 Å². The molecule has 0 bridgehead atoms. The number of hydrogen-bond donors (Lipinski definition) is 1. The molecule has 1 spiro atoms. The normalized spacial score (nSPS) is 24.1. The molecule has 0 unspecified atom stereocenters. The van der Waals surface area contributed by atoms with Gasteiger partial charge in [0.15, 0.2) is 0 Å². The van der Waals surface area contributed by atoms with Gasteiger partial charge in [0.25, 0.3) is 0 Å². The lowest BCUT2D eigenvalue weighted by Crippen LogP contribution is -2.36. The summed E-state index contributed by atoms with van der Waals surface area (Å²) in [5.41, 5.74) is 0.382. The second-order valence-electron chi connectivity index (χ2n) is 6.66. The van der Waals surface area contributed by atoms with Crippen LogP contribution in [0.5, 0.6) is 0 Å². The predicted molar refractivity (Wildman–Crippen MR) is 80.2 cm³/mol. The summed E-state index contributed by atoms with van der Waals surface area (Å²) in [5.74, 6) is -0.858. The van der Waals surface area contributed by atoms with Crippen LogP contribution in [-0.2, 0) is 4.79 Å². The molecule has 3 rings (SSSR count). The van der Waals surface area contributed by atoms with Crippen LogP contribution >= 0.6 is 0 Å². The second kappa shape index (κ2) is 5.61. The maximum absolute atomic E-state index is 13.9. The zero-order valence-electron chi connectivity index (χ0n) is 13.0. The number of piperidine rings is 1. The van der Waals surface area contributed by atoms with E-state index < -0.39 is 17.7 Å². The van der Waals surface area contributed by atoms with E-state index in [-0.39, 0.29) is 22.8 Å². The van der Waals surface area contributed by atoms with Gasteiger partial charge in [0.05, 0.1) is 6.04 Å². The molecule has 1 aliphatic heterocycles. The predicted octanol–water partition coefficient (Wildman–Crippen LogP) is 2.87. The van der Waals surface area contributed by atoms with Crippen molar-refractivity contribution in [3.05, 3.63) is 35.4 Å². The number of nitrogens with one attached hydrogen (secondary N) is 1. The van der Waals surface area contributed by atoms with Crippen molar-refractivity contribution in [2.45, 2.75) is 32.2 Å². The lowest BCUT2D eigenvalue weighted by Gasteiger charge is -2.28. The van der Waals surface area contributed by atoms with Crippen molar-refractivity contribution >= 4 is 5.91 Å². The highest BCUT2D eigenvalue weighted by molar-refractivity contribution is 5.83. The van der Waals surface area contributed by atoms with Gasteiger partial charge in [-0.15, -0.1) is 0 Å². The van der Waals surface area contributed by atoms with E-state index >= 15 is 0 Å². The summed E-state index contributed by atoms with van der Waals surface area (Å²) in [6.45, 7) is 3.66. The van der Waals surface area contributed by atoms with Gasteiger partial charge in [-0.1, -0.05) is 0 Å². The molecule has 2 atom stereocenters. The van der Waals surface area contributed by atoms with Gasteiger partial charge in [0, 0.05) is 18.5 Å². The van der Waals surface area contributed by atoms with Crippen molar-refractivity contribution in [1.29, 1.82) is 0 Å². The Balaban J connectivity index is 1.72. The monoisotopic (exact) mass is 308 g/mol. The van der Waals surface area contributed by atoms with Crippen LogP contribution in [0.3, 0.4) is 0 Å². The first-order valence-electron chi connectivity index (χ1n) is 7.87. The lowest BCUT2D eigenvalue weighted by atomic mass is 9.91. The van der Waals surface area contributed by atoms with Crippen molar-refractivity contribution in [3.63, 3.8) is 0 Å². The standard InChI is InChI=1S/C17H22F2N2O/c1-11(13-9-12(18)3-4-15(13)19)21(2)16(22)14-10-17(14)5-7-20-8-6-17/h3-4,9,11,14,20H,5-8,10H2,1-2H3/t11-,14-/m0/s1. The number of nitrogens with zero attached hydrogens (tertiary/aromatic N) is 1. The zero-order valence-corrected chi connectivity index (χ0v) is 13.0. The van der Waals surface area contributed by atoms with E-state index in [1.54, 1.807) is 18.9 Å². The van der Waals surface area contributed by atoms with Crippen LogP contribution in [0.25, 0.3) is 0 Å². The third-order valence-electron chi connectivity index (χ3n) is 5.42. The number of carbonyl (C=O) groups is 1. The van der Waals surface area contributed by atoms with Crippen LogP contribution < -0.4 is 5.32 Å². The number of benzene rings is 1. The summed E-state index contributed by atoms with van der Waals surface area (Å²) in [7, 11) is 1.68. The molecule has 1 saturated heterocycles. The van der Waals surface area contributed by atoms with Gasteiger partial charge in [0.2, 0.25) is 5.91 Å². The summed E-state index contributed by atoms with van der Waals surface area (Å²) < 4.78 is 27.2. The molecule has 3 nitrogen and oxygen atoms in total. The molecule has 1 heterocycles. The number of carbonyl (C=O) groups excluding carboxylic acids is 1. The highest BCUT2D eigenvalue weighted by Gasteiger charge is 2.58. The van der Waals surface area contributed by atoms with E-state index in [1.165, 1.54) is 6.07 Å². The van der Waals surface area contributed by atoms with E-state index in [2.05, 4.69) is 5.32 Å². The van der Waals surface area contributed by atoms with Crippen molar-refractivity contribution in [2.75, 3.05) is 20.1 Å². The summed E-state index contributed by atoms with van der Waals surface area (Å²) in [4.78, 5) is 14.2. The van der Waals surface area contributed by atoms with E-state index in [0.29, 0.717) is 0 Å². The molecular formula is C17H22F2N2O. The fraction of sp³-hybridized carbons (Fsp3) is 0.588. The molecule has 1 aliphatic carbocycles. The fourth-order valence-corrected chi connectivity index (χ4v) is 3.65. The van der Waals surface area contributed by atoms with Crippen molar-refractivity contribution in [2.24, 2.45) is 11.3 Å². The second-order valence-corrected chi connectivity index (χ2v) is 6.66. The number of rotatable bonds is 3. The molecular weight excluding hydrogens is 286 g/mol. The Bertz CT molecular complexity index is 584. The molecule has 120 valence electrons. The molecule has 1 aromatic carbocycles. The molecule has 1 N–H and O–H groups in total. The van der Waals surface area contributed by atoms with Crippen LogP contribution in [-0.4, -0.2) is 30.9 Å². The first-order chi connectivity index (χ1) is 10.4. The van der Waals surface area contributed by atoms with Crippen molar-refractivity contribution < 1.29 is 13.6 Å². The van der Waals surface area contributed by atoms with E-state index in [1.807, 2.05) is 0 Å². The molecule has 1 saturated carbocycles. The molecule has 1 amide bonds. The molecule has 2 fully saturated rings. The van der Waals surface area contributed by atoms with Crippen LogP contribution in [0, 0.1) is 23.0 Å². The maximum atomic E-state index is 13.9. The van der Waals surface area contributed by atoms with Gasteiger partial charge in [-0.3, -0.25) is 4.79 Å². The van der Waals surface area contributed by atoms with Crippen LogP contribution in [0.15, 0.2) is 18.2 Å². The van der Waals surface area contributed by atoms with Gasteiger partial charge in [0.1, 0.15) is 11.6 Å². The minimum atomic E-state index is -0.481. The van der Waals surface area contributed by atoms with Gasteiger partial charge >= 0.3 is 0 Å². The highest BCUT2D eigenvalue weighted by atomic mass is 19.1. The molecule has 1 aromatic rings. The minimum Gasteiger partial charge on any atom is -0.339 e. The van der Waals surface area contributed by atoms with E-state index in [4.69, 9.17) is 0 Å². The van der Waals surface area contributed by atoms with Crippen LogP contribution in [0.2, 0.25) is 0 Å². The number of halogens is 2. The Hall–Kier alpha value is -1.49. The third-order valence-corrected chi connectivity index (χ3v) is 5.42. The Morgan fingerprint density at radius 3 is 2.73 bits per heavy atom. The average molecular weight is 308 g/mol. The highest BCUT2D eigenvalue weighted by Crippen LogP contribution is 2.59. The third kappa shape index (κ3) is 2.62. The Labute approximate surface area is 129 Å². The van der Waals surface area contributed by atoms with Gasteiger partial charge in [-0.2, -0.15) is 0 Å². The maximum Gasteiger partial charge on any atom is 0.226 e. The number of hydrogen-bond acceptors (Lipinski definition) is 2. The van der Waals surface area contributed by atoms with Gasteiger partial charge in [-0.25, -0.2) is 8.78 Å². The first-order valence-corrected chi connectivity index (χ1v) is 7.87. The first kappa shape index (κ1) is 15.4. The zero-order chi connectivity index (χ0) is 15.9. The Morgan fingerprint density at radius 1 is 1.36 bits per heavy atom. The summed E-state index contributed by atoms with van der Waals surface area (Å²) in [6, 6.07) is 2.92. The number of amides is 1. The minimum absolute atomic E-state index is 0.0404. The largest absolute Gasteiger partial charge is 0.339 e. The lowest BCUT2D eigenvalue weighted by molar-refractivity contribution is -0.134. The Morgan fingerprint density at radius 2 is 2.05 bits per heavy atom. The smallest absolute Gasteiger partial charge is 0.226 e. The molecule has 5 heteroatoms. The SMILES string of the molecule is C[C@@H](c1cc(F)ccc1F)N(C)C(=O)[C@@H]1CC12CCNCC2. The van der Waals surface area contributed by atoms with Crippen molar-refractivity contribution in [1.82, 2.24) is 10.2 Å². The van der Waals surface area contributed by atoms with Crippen LogP contribution in [0.1, 0.15) is 37.8 Å². The molecule has 22 heavy (non-hydrogen) atoms. The van der Waals surface area contributed by atoms with Crippen molar-refractivity contribution in [3.8, 4) is 0 Å². The van der Waals surface area contributed by atoms with Gasteiger partial charge < -0.3 is 10.2 Å². The topological polar surface area (TPSA) is 32.3 Å². The molecule has 2 aliphatic rings. The molecule has 0 aromatic heterocycles. The van der Waals surface area contributed by atoms with Crippen LogP contribution in [0.4, 0.5) is 8.78 Å².